The van der Waals surface area contributed by atoms with Crippen molar-refractivity contribution in [3.63, 3.8) is 0 Å². The highest BCUT2D eigenvalue weighted by atomic mass is 19.1. The normalized spacial score (nSPS) is 27.2. The zero-order chi connectivity index (χ0) is 21.4. The van der Waals surface area contributed by atoms with Crippen molar-refractivity contribution in [3.8, 4) is 5.75 Å². The third-order valence-corrected chi connectivity index (χ3v) is 5.80. The van der Waals surface area contributed by atoms with E-state index < -0.39 is 55.3 Å². The second kappa shape index (κ2) is 8.02. The molecule has 8 nitrogen and oxygen atoms in total. The number of ether oxygens (including phenoxy) is 2. The Kier molecular flexibility index (Phi) is 5.42. The van der Waals surface area contributed by atoms with Crippen LogP contribution in [-0.2, 0) is 14.3 Å². The number of nitrogens with one attached hydrogen (secondary N) is 1. The smallest absolute Gasteiger partial charge is 0.431 e. The first-order chi connectivity index (χ1) is 14.5. The number of likely N-dealkylation sites (tertiary alicyclic amines) is 1. The minimum Gasteiger partial charge on any atom is -0.491 e. The molecule has 2 fully saturated rings. The van der Waals surface area contributed by atoms with Crippen molar-refractivity contribution in [3.05, 3.63) is 41.5 Å². The fraction of sp³-hybridized carbons (Fsp3) is 0.400. The van der Waals surface area contributed by atoms with Gasteiger partial charge in [0.05, 0.1) is 35.6 Å². The van der Waals surface area contributed by atoms with Crippen LogP contribution in [0.3, 0.4) is 0 Å². The van der Waals surface area contributed by atoms with Gasteiger partial charge in [0.2, 0.25) is 17.6 Å². The molecule has 0 aromatic heterocycles. The van der Waals surface area contributed by atoms with Gasteiger partial charge < -0.3 is 19.1 Å². The molecule has 1 unspecified atom stereocenters. The molecule has 0 radical (unpaired) electrons. The molecule has 3 aliphatic heterocycles. The highest BCUT2D eigenvalue weighted by Crippen LogP contribution is 2.45. The Morgan fingerprint density at radius 3 is 2.57 bits per heavy atom. The zero-order valence-corrected chi connectivity index (χ0v) is 16.2. The molecule has 0 saturated carbocycles. The third kappa shape index (κ3) is 3.30. The first-order valence-electron chi connectivity index (χ1n) is 9.67. The quantitative estimate of drug-likeness (QED) is 0.288. The number of fused-ring (bicyclic) bond motifs is 5. The van der Waals surface area contributed by atoms with E-state index in [2.05, 4.69) is 5.32 Å². The summed E-state index contributed by atoms with van der Waals surface area (Å²) in [4.78, 5) is 50.0. The van der Waals surface area contributed by atoms with Crippen LogP contribution in [0.2, 0.25) is 0 Å². The first-order valence-corrected chi connectivity index (χ1v) is 9.67. The van der Waals surface area contributed by atoms with Crippen LogP contribution < -0.4 is 10.1 Å². The molecule has 30 heavy (non-hydrogen) atoms. The van der Waals surface area contributed by atoms with Crippen LogP contribution in [0, 0.1) is 18.8 Å². The van der Waals surface area contributed by atoms with Gasteiger partial charge >= 0.3 is 7.56 Å². The second-order valence-corrected chi connectivity index (χ2v) is 7.56. The second-order valence-electron chi connectivity index (χ2n) is 7.56. The number of nitrogens with zero attached hydrogens (tertiary/aromatic N) is 1. The topological polar surface area (TPSA) is 102 Å². The number of imide groups is 1. The summed E-state index contributed by atoms with van der Waals surface area (Å²) >= 11 is 0. The van der Waals surface area contributed by atoms with Crippen LogP contribution in [0.4, 0.5) is 9.11 Å². The van der Waals surface area contributed by atoms with Crippen molar-refractivity contribution in [1.82, 2.24) is 10.2 Å². The van der Waals surface area contributed by atoms with Crippen molar-refractivity contribution in [2.75, 3.05) is 13.2 Å². The largest absolute Gasteiger partial charge is 0.491 e. The summed E-state index contributed by atoms with van der Waals surface area (Å²) in [6.07, 6.45) is 3.34. The molecular formula is C20H20BFN2O6. The molecule has 4 rings (SSSR count). The van der Waals surface area contributed by atoms with Crippen LogP contribution in [0.5, 0.6) is 5.75 Å². The van der Waals surface area contributed by atoms with E-state index in [1.165, 1.54) is 0 Å². The number of carbonyl (C=O) groups excluding carboxylic acids is 4. The Morgan fingerprint density at radius 2 is 1.97 bits per heavy atom. The fourth-order valence-corrected chi connectivity index (χ4v) is 4.31. The fourth-order valence-electron chi connectivity index (χ4n) is 4.31. The SMILES string of the molecule is Cc1cccc(OCC(CNC(=O)BF)N2C(=O)[C@@H]3[C@H](C2=O)[C@H]2C=C[C@@H]3O2)c1C=O. The summed E-state index contributed by atoms with van der Waals surface area (Å²) in [6.45, 7) is 1.44. The highest BCUT2D eigenvalue weighted by Gasteiger charge is 2.61. The number of rotatable bonds is 8. The summed E-state index contributed by atoms with van der Waals surface area (Å²) in [7, 11) is -1.21. The van der Waals surface area contributed by atoms with Crippen molar-refractivity contribution in [2.24, 2.45) is 11.8 Å². The van der Waals surface area contributed by atoms with Crippen LogP contribution in [-0.4, -0.2) is 67.8 Å². The van der Waals surface area contributed by atoms with Gasteiger partial charge in [-0.2, -0.15) is 0 Å². The summed E-state index contributed by atoms with van der Waals surface area (Å²) in [5.74, 6) is -2.55. The van der Waals surface area contributed by atoms with Crippen molar-refractivity contribution < 1.29 is 33.0 Å². The number of aldehydes is 1. The molecule has 3 aliphatic rings. The monoisotopic (exact) mass is 414 g/mol. The van der Waals surface area contributed by atoms with E-state index in [1.54, 1.807) is 37.3 Å². The molecule has 1 N–H and O–H groups in total. The van der Waals surface area contributed by atoms with E-state index in [9.17, 15) is 23.5 Å². The molecular weight excluding hydrogens is 394 g/mol. The predicted octanol–water partition coefficient (Wildman–Crippen LogP) is 0.524. The van der Waals surface area contributed by atoms with Gasteiger partial charge in [-0.05, 0) is 18.6 Å². The van der Waals surface area contributed by atoms with Gasteiger partial charge in [-0.25, -0.2) is 0 Å². The number of halogens is 1. The van der Waals surface area contributed by atoms with Gasteiger partial charge in [-0.1, -0.05) is 24.3 Å². The van der Waals surface area contributed by atoms with Gasteiger partial charge in [0.15, 0.2) is 6.29 Å². The van der Waals surface area contributed by atoms with Gasteiger partial charge in [-0.15, -0.1) is 0 Å². The molecule has 1 aromatic rings. The third-order valence-electron chi connectivity index (χ3n) is 5.80. The van der Waals surface area contributed by atoms with Gasteiger partial charge in [0, 0.05) is 6.54 Å². The number of benzene rings is 1. The molecule has 0 spiro atoms. The lowest BCUT2D eigenvalue weighted by Crippen LogP contribution is -2.51. The number of carbonyl (C=O) groups is 4. The maximum absolute atomic E-state index is 13.0. The molecule has 5 atom stereocenters. The molecule has 3 amide bonds. The standard InChI is InChI=1S/C20H20BFN2O6/c1-10-3-2-4-13(12(10)8-25)29-9-11(7-23-20(28)21-22)24-18(26)16-14-5-6-15(30-14)17(16)19(24)27/h2-6,8,11,14-17,21H,7,9H2,1H3,(H,23,28)/t11?,14-,15+,16-,17+. The van der Waals surface area contributed by atoms with Crippen LogP contribution >= 0.6 is 0 Å². The van der Waals surface area contributed by atoms with Crippen LogP contribution in [0.25, 0.3) is 0 Å². The van der Waals surface area contributed by atoms with E-state index in [-0.39, 0.29) is 13.2 Å². The highest BCUT2D eigenvalue weighted by molar-refractivity contribution is 6.67. The summed E-state index contributed by atoms with van der Waals surface area (Å²) in [5.41, 5.74) is 1.07. The Hall–Kier alpha value is -3.01. The number of amides is 3. The average molecular weight is 414 g/mol. The van der Waals surface area contributed by atoms with E-state index in [1.807, 2.05) is 0 Å². The average Bonchev–Trinajstić information content (AvgIpc) is 3.42. The Bertz CT molecular complexity index is 908. The lowest BCUT2D eigenvalue weighted by atomic mass is 9.85. The Balaban J connectivity index is 1.55. The van der Waals surface area contributed by atoms with Crippen molar-refractivity contribution in [1.29, 1.82) is 0 Å². The molecule has 10 heteroatoms. The minimum atomic E-state index is -1.21. The Morgan fingerprint density at radius 1 is 1.30 bits per heavy atom. The van der Waals surface area contributed by atoms with Gasteiger partial charge in [0.25, 0.3) is 0 Å². The molecule has 3 heterocycles. The summed E-state index contributed by atoms with van der Waals surface area (Å²) in [6, 6.07) is 4.22. The number of hydrogen-bond acceptors (Lipinski definition) is 6. The molecule has 2 saturated heterocycles. The van der Waals surface area contributed by atoms with Crippen molar-refractivity contribution >= 4 is 31.5 Å². The van der Waals surface area contributed by atoms with E-state index >= 15 is 0 Å². The molecule has 0 aliphatic carbocycles. The van der Waals surface area contributed by atoms with Crippen molar-refractivity contribution in [2.45, 2.75) is 25.2 Å². The van der Waals surface area contributed by atoms with Crippen LogP contribution in [0.1, 0.15) is 15.9 Å². The van der Waals surface area contributed by atoms with E-state index in [0.717, 1.165) is 4.90 Å². The van der Waals surface area contributed by atoms with E-state index in [0.29, 0.717) is 23.2 Å². The lowest BCUT2D eigenvalue weighted by molar-refractivity contribution is -0.145. The molecule has 1 aromatic carbocycles. The predicted molar refractivity (Wildman–Crippen MR) is 104 cm³/mol. The first kappa shape index (κ1) is 20.3. The van der Waals surface area contributed by atoms with Gasteiger partial charge in [0.1, 0.15) is 12.4 Å². The van der Waals surface area contributed by atoms with Crippen LogP contribution in [0.15, 0.2) is 30.4 Å². The summed E-state index contributed by atoms with van der Waals surface area (Å²) < 4.78 is 24.0. The Labute approximate surface area is 172 Å². The summed E-state index contributed by atoms with van der Waals surface area (Å²) in [5, 5.41) is 2.37. The maximum atomic E-state index is 13.0. The molecule has 156 valence electrons. The van der Waals surface area contributed by atoms with E-state index in [4.69, 9.17) is 9.47 Å². The maximum Gasteiger partial charge on any atom is 0.431 e. The number of aryl methyl sites for hydroxylation is 1. The minimum absolute atomic E-state index is 0.155. The molecule has 2 bridgehead atoms. The number of hydrogen-bond donors (Lipinski definition) is 1. The lowest BCUT2D eigenvalue weighted by Gasteiger charge is -2.28. The van der Waals surface area contributed by atoms with Gasteiger partial charge in [-0.3, -0.25) is 24.1 Å². The zero-order valence-electron chi connectivity index (χ0n) is 16.2.